The number of carbonyl (C=O) groups is 3. The molecule has 1 aliphatic rings. The Balaban J connectivity index is 1.66. The van der Waals surface area contributed by atoms with Crippen LogP contribution in [0.4, 0.5) is 4.79 Å². The van der Waals surface area contributed by atoms with Crippen molar-refractivity contribution < 1.29 is 24.2 Å². The number of hydrogen-bond acceptors (Lipinski definition) is 5. The molecule has 2 aromatic carbocycles. The third kappa shape index (κ3) is 5.47. The van der Waals surface area contributed by atoms with Crippen molar-refractivity contribution in [2.45, 2.75) is 32.4 Å². The molecule has 4 atom stereocenters. The summed E-state index contributed by atoms with van der Waals surface area (Å²) in [4.78, 5) is 39.1. The summed E-state index contributed by atoms with van der Waals surface area (Å²) in [5, 5.41) is 10.4. The van der Waals surface area contributed by atoms with Crippen LogP contribution in [0.5, 0.6) is 0 Å². The standard InChI is InChI=1S/C25H27NO5/c1-17(22(27)14-13-19-9-5-3-6-10-19)23(28)18(2)24(29)26-21(16-31-25(26)30)15-20-11-7-4-8-12-20/h3-14,17-18,21-22,27H,15-16H2,1-2H3/b14-13+/t17-,18-,21-,22+/m1/s1. The molecule has 6 heteroatoms. The normalized spacial score (nSPS) is 19.1. The molecule has 0 spiro atoms. The lowest BCUT2D eigenvalue weighted by molar-refractivity contribution is -0.141. The number of ketones is 1. The summed E-state index contributed by atoms with van der Waals surface area (Å²) >= 11 is 0. The van der Waals surface area contributed by atoms with Gasteiger partial charge in [0.1, 0.15) is 6.61 Å². The lowest BCUT2D eigenvalue weighted by Gasteiger charge is -2.24. The van der Waals surface area contributed by atoms with Crippen LogP contribution in [-0.2, 0) is 20.7 Å². The van der Waals surface area contributed by atoms with Crippen molar-refractivity contribution in [2.24, 2.45) is 11.8 Å². The molecule has 0 unspecified atom stereocenters. The van der Waals surface area contributed by atoms with E-state index in [0.29, 0.717) is 6.42 Å². The van der Waals surface area contributed by atoms with Crippen LogP contribution in [-0.4, -0.2) is 46.5 Å². The third-order valence-electron chi connectivity index (χ3n) is 5.56. The molecule has 0 aromatic heterocycles. The summed E-state index contributed by atoms with van der Waals surface area (Å²) in [6.45, 7) is 3.15. The Hall–Kier alpha value is -3.25. The predicted molar refractivity (Wildman–Crippen MR) is 117 cm³/mol. The van der Waals surface area contributed by atoms with Gasteiger partial charge < -0.3 is 9.84 Å². The number of ether oxygens (including phenoxy) is 1. The fourth-order valence-corrected chi connectivity index (χ4v) is 3.60. The molecule has 2 aromatic rings. The molecule has 1 aliphatic heterocycles. The summed E-state index contributed by atoms with van der Waals surface area (Å²) in [6, 6.07) is 18.4. The van der Waals surface area contributed by atoms with Gasteiger partial charge in [0.25, 0.3) is 0 Å². The Bertz CT molecular complexity index is 941. The zero-order valence-electron chi connectivity index (χ0n) is 17.7. The van der Waals surface area contributed by atoms with E-state index >= 15 is 0 Å². The van der Waals surface area contributed by atoms with E-state index in [4.69, 9.17) is 4.74 Å². The molecule has 0 saturated carbocycles. The van der Waals surface area contributed by atoms with Crippen molar-refractivity contribution in [3.05, 3.63) is 77.9 Å². The van der Waals surface area contributed by atoms with Crippen molar-refractivity contribution in [1.29, 1.82) is 0 Å². The molecular formula is C25H27NO5. The molecule has 3 rings (SSSR count). The first-order valence-electron chi connectivity index (χ1n) is 10.4. The van der Waals surface area contributed by atoms with Crippen molar-refractivity contribution in [3.8, 4) is 0 Å². The van der Waals surface area contributed by atoms with Gasteiger partial charge in [0.05, 0.1) is 18.1 Å². The number of rotatable bonds is 8. The summed E-state index contributed by atoms with van der Waals surface area (Å²) in [7, 11) is 0. The summed E-state index contributed by atoms with van der Waals surface area (Å²) in [5.74, 6) is -2.89. The van der Waals surface area contributed by atoms with Crippen LogP contribution in [0.3, 0.4) is 0 Å². The van der Waals surface area contributed by atoms with Gasteiger partial charge in [-0.3, -0.25) is 9.59 Å². The van der Waals surface area contributed by atoms with Crippen molar-refractivity contribution in [3.63, 3.8) is 0 Å². The number of aliphatic hydroxyl groups is 1. The van der Waals surface area contributed by atoms with E-state index in [1.807, 2.05) is 60.7 Å². The monoisotopic (exact) mass is 421 g/mol. The summed E-state index contributed by atoms with van der Waals surface area (Å²) in [5.41, 5.74) is 1.87. The van der Waals surface area contributed by atoms with Crippen LogP contribution < -0.4 is 0 Å². The quantitative estimate of drug-likeness (QED) is 0.660. The number of amides is 2. The smallest absolute Gasteiger partial charge is 0.417 e. The number of carbonyl (C=O) groups excluding carboxylic acids is 3. The Morgan fingerprint density at radius 2 is 1.71 bits per heavy atom. The lowest BCUT2D eigenvalue weighted by Crippen LogP contribution is -2.46. The minimum absolute atomic E-state index is 0.0956. The molecular weight excluding hydrogens is 394 g/mol. The van der Waals surface area contributed by atoms with Crippen LogP contribution in [0.2, 0.25) is 0 Å². The maximum atomic E-state index is 13.0. The zero-order chi connectivity index (χ0) is 22.4. The molecule has 1 heterocycles. The second-order valence-electron chi connectivity index (χ2n) is 7.80. The van der Waals surface area contributed by atoms with E-state index in [-0.39, 0.29) is 6.61 Å². The van der Waals surface area contributed by atoms with E-state index in [1.54, 1.807) is 13.0 Å². The zero-order valence-corrected chi connectivity index (χ0v) is 17.7. The van der Waals surface area contributed by atoms with Gasteiger partial charge in [0.15, 0.2) is 5.78 Å². The number of cyclic esters (lactones) is 1. The SMILES string of the molecule is C[C@H](C(=O)[C@H](C)[C@@H](O)/C=C/c1ccccc1)C(=O)N1C(=O)OC[C@H]1Cc1ccccc1. The van der Waals surface area contributed by atoms with E-state index in [9.17, 15) is 19.5 Å². The van der Waals surface area contributed by atoms with Crippen LogP contribution >= 0.6 is 0 Å². The Kier molecular flexibility index (Phi) is 7.36. The molecule has 2 amide bonds. The van der Waals surface area contributed by atoms with Gasteiger partial charge in [-0.15, -0.1) is 0 Å². The maximum absolute atomic E-state index is 13.0. The maximum Gasteiger partial charge on any atom is 0.417 e. The number of aliphatic hydroxyl groups excluding tert-OH is 1. The first-order chi connectivity index (χ1) is 14.9. The highest BCUT2D eigenvalue weighted by molar-refractivity contribution is 6.07. The van der Waals surface area contributed by atoms with Crippen molar-refractivity contribution in [1.82, 2.24) is 4.90 Å². The summed E-state index contributed by atoms with van der Waals surface area (Å²) < 4.78 is 5.09. The largest absolute Gasteiger partial charge is 0.447 e. The topological polar surface area (TPSA) is 83.9 Å². The average molecular weight is 421 g/mol. The molecule has 1 N–H and O–H groups in total. The molecule has 0 radical (unpaired) electrons. The Labute approximate surface area is 182 Å². The van der Waals surface area contributed by atoms with Crippen LogP contribution in [0.15, 0.2) is 66.7 Å². The van der Waals surface area contributed by atoms with Crippen LogP contribution in [0, 0.1) is 11.8 Å². The molecule has 0 aliphatic carbocycles. The number of imide groups is 1. The predicted octanol–water partition coefficient (Wildman–Crippen LogP) is 3.49. The van der Waals surface area contributed by atoms with Gasteiger partial charge in [-0.25, -0.2) is 9.69 Å². The second-order valence-corrected chi connectivity index (χ2v) is 7.80. The number of nitrogens with zero attached hydrogens (tertiary/aromatic N) is 1. The highest BCUT2D eigenvalue weighted by Crippen LogP contribution is 2.22. The Morgan fingerprint density at radius 1 is 1.10 bits per heavy atom. The first-order valence-corrected chi connectivity index (χ1v) is 10.4. The van der Waals surface area contributed by atoms with E-state index in [2.05, 4.69) is 0 Å². The fraction of sp³-hybridized carbons (Fsp3) is 0.320. The molecule has 0 bridgehead atoms. The minimum Gasteiger partial charge on any atom is -0.447 e. The van der Waals surface area contributed by atoms with Crippen molar-refractivity contribution >= 4 is 23.9 Å². The summed E-state index contributed by atoms with van der Waals surface area (Å²) in [6.07, 6.45) is 1.94. The van der Waals surface area contributed by atoms with E-state index in [1.165, 1.54) is 13.0 Å². The third-order valence-corrected chi connectivity index (χ3v) is 5.56. The van der Waals surface area contributed by atoms with Gasteiger partial charge in [-0.05, 0) is 24.5 Å². The van der Waals surface area contributed by atoms with Crippen molar-refractivity contribution in [2.75, 3.05) is 6.61 Å². The van der Waals surface area contributed by atoms with Gasteiger partial charge in [-0.2, -0.15) is 0 Å². The molecule has 162 valence electrons. The van der Waals surface area contributed by atoms with Crippen LogP contribution in [0.1, 0.15) is 25.0 Å². The van der Waals surface area contributed by atoms with Gasteiger partial charge in [0, 0.05) is 5.92 Å². The highest BCUT2D eigenvalue weighted by atomic mass is 16.6. The number of hydrogen-bond donors (Lipinski definition) is 1. The molecule has 1 fully saturated rings. The van der Waals surface area contributed by atoms with Gasteiger partial charge in [0.2, 0.25) is 5.91 Å². The minimum atomic E-state index is -1.07. The molecule has 1 saturated heterocycles. The first kappa shape index (κ1) is 22.4. The lowest BCUT2D eigenvalue weighted by atomic mass is 9.89. The fourth-order valence-electron chi connectivity index (χ4n) is 3.60. The number of benzene rings is 2. The second kappa shape index (κ2) is 10.2. The van der Waals surface area contributed by atoms with Gasteiger partial charge in [-0.1, -0.05) is 79.7 Å². The molecule has 31 heavy (non-hydrogen) atoms. The highest BCUT2D eigenvalue weighted by Gasteiger charge is 2.42. The molecule has 6 nitrogen and oxygen atoms in total. The van der Waals surface area contributed by atoms with E-state index in [0.717, 1.165) is 16.0 Å². The van der Waals surface area contributed by atoms with E-state index < -0.39 is 41.8 Å². The average Bonchev–Trinajstić information content (AvgIpc) is 3.16. The van der Waals surface area contributed by atoms with Gasteiger partial charge >= 0.3 is 6.09 Å². The van der Waals surface area contributed by atoms with Crippen LogP contribution in [0.25, 0.3) is 6.08 Å². The number of Topliss-reactive ketones (excluding diaryl/α,β-unsaturated/α-hetero) is 1. The Morgan fingerprint density at radius 3 is 2.35 bits per heavy atom.